The van der Waals surface area contributed by atoms with Crippen LogP contribution in [-0.2, 0) is 29.1 Å². The molecule has 1 aliphatic heterocycles. The highest BCUT2D eigenvalue weighted by Crippen LogP contribution is 2.36. The number of ether oxygens (including phenoxy) is 1. The van der Waals surface area contributed by atoms with Gasteiger partial charge in [-0.3, -0.25) is 4.79 Å². The number of anilines is 1. The molecule has 1 aromatic heterocycles. The first-order valence-electron chi connectivity index (χ1n) is 11.0. The summed E-state index contributed by atoms with van der Waals surface area (Å²) in [5.41, 5.74) is 5.37. The Kier molecular flexibility index (Phi) is 5.86. The number of hydrogen-bond donors (Lipinski definition) is 1. The summed E-state index contributed by atoms with van der Waals surface area (Å²) in [7, 11) is 0. The Morgan fingerprint density at radius 2 is 2.03 bits per heavy atom. The van der Waals surface area contributed by atoms with E-state index < -0.39 is 0 Å². The molecule has 6 nitrogen and oxygen atoms in total. The molecule has 0 saturated heterocycles. The summed E-state index contributed by atoms with van der Waals surface area (Å²) in [5, 5.41) is 14.0. The van der Waals surface area contributed by atoms with Crippen molar-refractivity contribution in [3.63, 3.8) is 0 Å². The standard InChI is InChI=1S/C27H23FN2O4/c1-17(29-32)27-23(26-13-18-5-2-3-8-25(18)34-26)6-4-7-24(27)30(16-31)14-19-11-21(28)12-20-15-33-10-9-22(19)20/h2-8,11-13,16,32H,9-10,14-15H2,1H3/b29-17+. The van der Waals surface area contributed by atoms with Gasteiger partial charge in [-0.15, -0.1) is 0 Å². The van der Waals surface area contributed by atoms with Gasteiger partial charge in [0.25, 0.3) is 0 Å². The van der Waals surface area contributed by atoms with Crippen molar-refractivity contribution in [2.45, 2.75) is 26.5 Å². The highest BCUT2D eigenvalue weighted by Gasteiger charge is 2.23. The number of carbonyl (C=O) groups is 1. The lowest BCUT2D eigenvalue weighted by molar-refractivity contribution is -0.107. The largest absolute Gasteiger partial charge is 0.456 e. The molecule has 34 heavy (non-hydrogen) atoms. The van der Waals surface area contributed by atoms with Crippen molar-refractivity contribution in [1.29, 1.82) is 0 Å². The molecular formula is C27H23FN2O4. The number of rotatable bonds is 6. The molecule has 7 heteroatoms. The highest BCUT2D eigenvalue weighted by atomic mass is 19.1. The fourth-order valence-electron chi connectivity index (χ4n) is 4.59. The van der Waals surface area contributed by atoms with E-state index in [9.17, 15) is 14.4 Å². The minimum absolute atomic E-state index is 0.166. The Labute approximate surface area is 195 Å². The maximum Gasteiger partial charge on any atom is 0.214 e. The Morgan fingerprint density at radius 1 is 1.18 bits per heavy atom. The molecule has 0 aliphatic carbocycles. The molecule has 0 atom stereocenters. The molecule has 2 heterocycles. The summed E-state index contributed by atoms with van der Waals surface area (Å²) in [4.78, 5) is 13.8. The zero-order valence-corrected chi connectivity index (χ0v) is 18.6. The zero-order valence-electron chi connectivity index (χ0n) is 18.6. The topological polar surface area (TPSA) is 75.3 Å². The molecule has 172 valence electrons. The Balaban J connectivity index is 1.62. The molecular weight excluding hydrogens is 435 g/mol. The molecule has 0 bridgehead atoms. The molecule has 4 aromatic rings. The highest BCUT2D eigenvalue weighted by molar-refractivity contribution is 6.10. The van der Waals surface area contributed by atoms with Crippen molar-refractivity contribution in [2.24, 2.45) is 5.16 Å². The fraction of sp³-hybridized carbons (Fsp3) is 0.185. The summed E-state index contributed by atoms with van der Waals surface area (Å²) in [6, 6.07) is 18.0. The van der Waals surface area contributed by atoms with E-state index in [0.717, 1.165) is 27.7 Å². The average molecular weight is 458 g/mol. The molecule has 0 spiro atoms. The third-order valence-corrected chi connectivity index (χ3v) is 6.18. The van der Waals surface area contributed by atoms with Crippen molar-refractivity contribution in [1.82, 2.24) is 0 Å². The lowest BCUT2D eigenvalue weighted by Gasteiger charge is -2.26. The van der Waals surface area contributed by atoms with Gasteiger partial charge in [0.15, 0.2) is 0 Å². The van der Waals surface area contributed by atoms with Crippen LogP contribution >= 0.6 is 0 Å². The van der Waals surface area contributed by atoms with E-state index in [2.05, 4.69) is 5.16 Å². The Bertz CT molecular complexity index is 1380. The van der Waals surface area contributed by atoms with Crippen LogP contribution in [0.3, 0.4) is 0 Å². The van der Waals surface area contributed by atoms with Gasteiger partial charge >= 0.3 is 0 Å². The van der Waals surface area contributed by atoms with Gasteiger partial charge in [0.1, 0.15) is 17.2 Å². The van der Waals surface area contributed by atoms with Crippen LogP contribution < -0.4 is 4.90 Å². The molecule has 0 fully saturated rings. The molecule has 0 radical (unpaired) electrons. The van der Waals surface area contributed by atoms with Crippen LogP contribution in [0.1, 0.15) is 29.2 Å². The predicted octanol–water partition coefficient (Wildman–Crippen LogP) is 5.67. The van der Waals surface area contributed by atoms with Gasteiger partial charge in [-0.2, -0.15) is 0 Å². The van der Waals surface area contributed by atoms with Gasteiger partial charge in [-0.05, 0) is 60.4 Å². The van der Waals surface area contributed by atoms with Crippen LogP contribution in [0.25, 0.3) is 22.3 Å². The monoisotopic (exact) mass is 458 g/mol. The van der Waals surface area contributed by atoms with E-state index in [0.29, 0.717) is 54.3 Å². The van der Waals surface area contributed by atoms with Crippen LogP contribution in [0.2, 0.25) is 0 Å². The van der Waals surface area contributed by atoms with Crippen LogP contribution in [0.5, 0.6) is 0 Å². The van der Waals surface area contributed by atoms with Gasteiger partial charge in [0.2, 0.25) is 6.41 Å². The van der Waals surface area contributed by atoms with E-state index in [-0.39, 0.29) is 12.4 Å². The Morgan fingerprint density at radius 3 is 2.82 bits per heavy atom. The summed E-state index contributed by atoms with van der Waals surface area (Å²) in [5.74, 6) is 0.224. The summed E-state index contributed by atoms with van der Waals surface area (Å²) in [6.45, 7) is 2.73. The zero-order chi connectivity index (χ0) is 23.7. The van der Waals surface area contributed by atoms with Crippen molar-refractivity contribution in [2.75, 3.05) is 11.5 Å². The molecule has 5 rings (SSSR count). The summed E-state index contributed by atoms with van der Waals surface area (Å²) >= 11 is 0. The third kappa shape index (κ3) is 3.95. The van der Waals surface area contributed by atoms with E-state index in [1.54, 1.807) is 13.0 Å². The normalized spacial score (nSPS) is 13.6. The number of fused-ring (bicyclic) bond motifs is 2. The fourth-order valence-corrected chi connectivity index (χ4v) is 4.59. The van der Waals surface area contributed by atoms with Crippen LogP contribution in [0.4, 0.5) is 10.1 Å². The average Bonchev–Trinajstić information content (AvgIpc) is 3.30. The minimum atomic E-state index is -0.366. The lowest BCUT2D eigenvalue weighted by atomic mass is 9.95. The Hall–Kier alpha value is -3.97. The van der Waals surface area contributed by atoms with Gasteiger partial charge < -0.3 is 19.3 Å². The molecule has 0 saturated carbocycles. The number of oxime groups is 1. The summed E-state index contributed by atoms with van der Waals surface area (Å²) in [6.07, 6.45) is 1.36. The number of carbonyl (C=O) groups excluding carboxylic acids is 1. The van der Waals surface area contributed by atoms with E-state index in [1.165, 1.54) is 17.0 Å². The number of halogens is 1. The smallest absolute Gasteiger partial charge is 0.214 e. The molecule has 3 aromatic carbocycles. The number of furan rings is 1. The first-order valence-corrected chi connectivity index (χ1v) is 11.0. The lowest BCUT2D eigenvalue weighted by Crippen LogP contribution is -2.25. The third-order valence-electron chi connectivity index (χ3n) is 6.18. The van der Waals surface area contributed by atoms with E-state index in [4.69, 9.17) is 9.15 Å². The second-order valence-electron chi connectivity index (χ2n) is 8.27. The predicted molar refractivity (Wildman–Crippen MR) is 128 cm³/mol. The van der Waals surface area contributed by atoms with Crippen LogP contribution in [0.15, 0.2) is 70.2 Å². The van der Waals surface area contributed by atoms with Gasteiger partial charge in [0, 0.05) is 16.5 Å². The first kappa shape index (κ1) is 21.9. The SMILES string of the molecule is C/C(=N\O)c1c(-c2cc3ccccc3o2)cccc1N(C=O)Cc1cc(F)cc2c1CCOC2. The summed E-state index contributed by atoms with van der Waals surface area (Å²) < 4.78 is 25.9. The maximum atomic E-state index is 14.3. The van der Waals surface area contributed by atoms with E-state index >= 15 is 0 Å². The number of para-hydroxylation sites is 1. The van der Waals surface area contributed by atoms with Gasteiger partial charge in [0.05, 0.1) is 31.2 Å². The molecule has 1 amide bonds. The quantitative estimate of drug-likeness (QED) is 0.175. The molecule has 1 N–H and O–H groups in total. The number of benzene rings is 3. The van der Waals surface area contributed by atoms with Crippen LogP contribution in [-0.4, -0.2) is 23.9 Å². The second-order valence-corrected chi connectivity index (χ2v) is 8.27. The maximum absolute atomic E-state index is 14.3. The molecule has 0 unspecified atom stereocenters. The van der Waals surface area contributed by atoms with Crippen molar-refractivity contribution in [3.8, 4) is 11.3 Å². The van der Waals surface area contributed by atoms with Crippen molar-refractivity contribution >= 4 is 28.8 Å². The molecule has 1 aliphatic rings. The number of nitrogens with zero attached hydrogens (tertiary/aromatic N) is 2. The van der Waals surface area contributed by atoms with Gasteiger partial charge in [-0.1, -0.05) is 35.5 Å². The van der Waals surface area contributed by atoms with Gasteiger partial charge in [-0.25, -0.2) is 4.39 Å². The van der Waals surface area contributed by atoms with Crippen molar-refractivity contribution in [3.05, 3.63) is 88.7 Å². The second kappa shape index (κ2) is 9.11. The van der Waals surface area contributed by atoms with Crippen LogP contribution in [0, 0.1) is 5.82 Å². The van der Waals surface area contributed by atoms with Crippen molar-refractivity contribution < 1.29 is 23.5 Å². The number of hydrogen-bond acceptors (Lipinski definition) is 5. The first-order chi connectivity index (χ1) is 16.6. The number of amides is 1. The minimum Gasteiger partial charge on any atom is -0.456 e. The van der Waals surface area contributed by atoms with E-state index in [1.807, 2.05) is 42.5 Å².